The summed E-state index contributed by atoms with van der Waals surface area (Å²) >= 11 is 1.69. The minimum atomic E-state index is -2.89. The van der Waals surface area contributed by atoms with Crippen molar-refractivity contribution in [3.05, 3.63) is 0 Å². The molecule has 0 aromatic carbocycles. The summed E-state index contributed by atoms with van der Waals surface area (Å²) in [5, 5.41) is 0.256. The highest BCUT2D eigenvalue weighted by Crippen LogP contribution is 2.58. The fraction of sp³-hybridized carbons (Fsp3) is 0.857. The van der Waals surface area contributed by atoms with E-state index in [1.54, 1.807) is 11.8 Å². The van der Waals surface area contributed by atoms with Crippen molar-refractivity contribution in [2.24, 2.45) is 11.8 Å². The van der Waals surface area contributed by atoms with Crippen molar-refractivity contribution in [2.75, 3.05) is 37.7 Å². The van der Waals surface area contributed by atoms with Gasteiger partial charge in [0.2, 0.25) is 0 Å². The quantitative estimate of drug-likeness (QED) is 0.608. The summed E-state index contributed by atoms with van der Waals surface area (Å²) in [5.74, 6) is -0.944. The van der Waals surface area contributed by atoms with Crippen LogP contribution in [0.15, 0.2) is 0 Å². The third-order valence-electron chi connectivity index (χ3n) is 5.21. The fourth-order valence-corrected chi connectivity index (χ4v) is 7.18. The van der Waals surface area contributed by atoms with E-state index in [1.165, 1.54) is 0 Å². The number of hydrogen-bond acceptors (Lipinski definition) is 8. The van der Waals surface area contributed by atoms with Gasteiger partial charge in [0.15, 0.2) is 9.84 Å². The number of thioether (sulfide) groups is 1. The molecule has 0 amide bonds. The Bertz CT molecular complexity index is 619. The molecule has 2 bridgehead atoms. The predicted molar refractivity (Wildman–Crippen MR) is 82.7 cm³/mol. The van der Waals surface area contributed by atoms with Crippen LogP contribution >= 0.6 is 11.8 Å². The lowest BCUT2D eigenvalue weighted by molar-refractivity contribution is -0.154. The summed E-state index contributed by atoms with van der Waals surface area (Å²) in [6.07, 6.45) is 0.739. The molecule has 0 saturated carbocycles. The minimum absolute atomic E-state index is 0.0122. The number of hydrogen-bond donors (Lipinski definition) is 0. The molecule has 7 nitrogen and oxygen atoms in total. The molecule has 0 radical (unpaired) electrons. The van der Waals surface area contributed by atoms with Crippen molar-refractivity contribution in [2.45, 2.75) is 23.0 Å². The van der Waals surface area contributed by atoms with Crippen molar-refractivity contribution < 1.29 is 27.5 Å². The molecule has 4 rings (SSSR count). The first-order valence-electron chi connectivity index (χ1n) is 7.90. The molecule has 5 unspecified atom stereocenters. The maximum absolute atomic E-state index is 12.4. The van der Waals surface area contributed by atoms with E-state index in [0.29, 0.717) is 19.6 Å². The lowest BCUT2D eigenvalue weighted by Gasteiger charge is -2.27. The van der Waals surface area contributed by atoms with Gasteiger partial charge in [-0.2, -0.15) is 0 Å². The molecular weight excluding hydrogens is 342 g/mol. The molecule has 4 heterocycles. The second kappa shape index (κ2) is 5.63. The summed E-state index contributed by atoms with van der Waals surface area (Å²) in [4.78, 5) is 26.2. The summed E-state index contributed by atoms with van der Waals surface area (Å²) in [5.41, 5.74) is 0. The molecular formula is C14H19NO6S2. The first-order chi connectivity index (χ1) is 10.9. The normalized spacial score (nSPS) is 41.0. The lowest BCUT2D eigenvalue weighted by atomic mass is 9.80. The SMILES string of the molecule is O=C(OCCN1CCS(=O)(=O)CC1)C1C2CC3OC(=O)C1C3S2. The number of fused-ring (bicyclic) bond motifs is 1. The van der Waals surface area contributed by atoms with Gasteiger partial charge in [0, 0.05) is 24.9 Å². The molecule has 128 valence electrons. The monoisotopic (exact) mass is 361 g/mol. The van der Waals surface area contributed by atoms with Crippen LogP contribution in [0.3, 0.4) is 0 Å². The number of carbonyl (C=O) groups is 2. The Hall–Kier alpha value is -0.800. The zero-order valence-corrected chi connectivity index (χ0v) is 14.2. The van der Waals surface area contributed by atoms with Gasteiger partial charge in [-0.05, 0) is 6.42 Å². The van der Waals surface area contributed by atoms with Crippen LogP contribution in [0.5, 0.6) is 0 Å². The maximum Gasteiger partial charge on any atom is 0.311 e. The van der Waals surface area contributed by atoms with Gasteiger partial charge in [0.05, 0.1) is 28.6 Å². The Kier molecular flexibility index (Phi) is 3.85. The van der Waals surface area contributed by atoms with Gasteiger partial charge in [-0.25, -0.2) is 8.42 Å². The Morgan fingerprint density at radius 3 is 2.83 bits per heavy atom. The second-order valence-corrected chi connectivity index (χ2v) is 10.3. The summed E-state index contributed by atoms with van der Waals surface area (Å²) in [7, 11) is -2.89. The van der Waals surface area contributed by atoms with Gasteiger partial charge < -0.3 is 9.47 Å². The molecule has 4 aliphatic heterocycles. The zero-order chi connectivity index (χ0) is 16.2. The average Bonchev–Trinajstić information content (AvgIpc) is 3.10. The Balaban J connectivity index is 1.27. The maximum atomic E-state index is 12.4. The van der Waals surface area contributed by atoms with Crippen molar-refractivity contribution in [1.82, 2.24) is 4.90 Å². The van der Waals surface area contributed by atoms with Crippen LogP contribution in [-0.4, -0.2) is 79.6 Å². The van der Waals surface area contributed by atoms with Gasteiger partial charge in [0.1, 0.15) is 12.7 Å². The topological polar surface area (TPSA) is 90.0 Å². The van der Waals surface area contributed by atoms with Crippen LogP contribution in [0.1, 0.15) is 6.42 Å². The first kappa shape index (κ1) is 15.7. The fourth-order valence-electron chi connectivity index (χ4n) is 3.96. The number of esters is 2. The van der Waals surface area contributed by atoms with Crippen molar-refractivity contribution in [3.63, 3.8) is 0 Å². The van der Waals surface area contributed by atoms with Crippen LogP contribution in [-0.2, 0) is 28.9 Å². The third kappa shape index (κ3) is 2.76. The number of rotatable bonds is 4. The third-order valence-corrected chi connectivity index (χ3v) is 8.56. The molecule has 23 heavy (non-hydrogen) atoms. The number of carbonyl (C=O) groups excluding carboxylic acids is 2. The standard InChI is InChI=1S/C14H19NO6S2/c16-13(20-4-1-15-2-5-23(18,19)6-3-15)10-9-7-8-12(22-9)11(10)14(17)21-8/h8-12H,1-7H2. The molecule has 9 heteroatoms. The van der Waals surface area contributed by atoms with Crippen LogP contribution in [0.4, 0.5) is 0 Å². The van der Waals surface area contributed by atoms with Gasteiger partial charge in [-0.15, -0.1) is 11.8 Å². The first-order valence-corrected chi connectivity index (χ1v) is 10.7. The van der Waals surface area contributed by atoms with E-state index in [0.717, 1.165) is 6.42 Å². The van der Waals surface area contributed by atoms with Crippen LogP contribution in [0.2, 0.25) is 0 Å². The van der Waals surface area contributed by atoms with Crippen molar-refractivity contribution in [1.29, 1.82) is 0 Å². The van der Waals surface area contributed by atoms with E-state index in [-0.39, 0.29) is 58.5 Å². The van der Waals surface area contributed by atoms with Gasteiger partial charge >= 0.3 is 11.9 Å². The van der Waals surface area contributed by atoms with Gasteiger partial charge in [-0.3, -0.25) is 14.5 Å². The molecule has 4 fully saturated rings. The molecule has 4 aliphatic rings. The molecule has 0 aromatic heterocycles. The number of sulfone groups is 1. The predicted octanol–water partition coefficient (Wildman–Crippen LogP) is -0.694. The molecule has 0 aliphatic carbocycles. The van der Waals surface area contributed by atoms with Crippen LogP contribution < -0.4 is 0 Å². The zero-order valence-electron chi connectivity index (χ0n) is 12.5. The highest BCUT2D eigenvalue weighted by molar-refractivity contribution is 8.01. The van der Waals surface area contributed by atoms with E-state index in [1.807, 2.05) is 4.90 Å². The average molecular weight is 361 g/mol. The second-order valence-electron chi connectivity index (χ2n) is 6.56. The number of nitrogens with zero attached hydrogens (tertiary/aromatic N) is 1. The Labute approximate surface area is 139 Å². The van der Waals surface area contributed by atoms with E-state index in [9.17, 15) is 18.0 Å². The molecule has 5 atom stereocenters. The van der Waals surface area contributed by atoms with Crippen LogP contribution in [0, 0.1) is 11.8 Å². The smallest absolute Gasteiger partial charge is 0.311 e. The van der Waals surface area contributed by atoms with Crippen molar-refractivity contribution in [3.8, 4) is 0 Å². The summed E-state index contributed by atoms with van der Waals surface area (Å²) in [6.45, 7) is 1.75. The van der Waals surface area contributed by atoms with Gasteiger partial charge in [0.25, 0.3) is 0 Å². The Morgan fingerprint density at radius 1 is 1.35 bits per heavy atom. The molecule has 4 saturated heterocycles. The lowest BCUT2D eigenvalue weighted by Crippen LogP contribution is -2.42. The highest BCUT2D eigenvalue weighted by atomic mass is 32.2. The van der Waals surface area contributed by atoms with Gasteiger partial charge in [-0.1, -0.05) is 0 Å². The van der Waals surface area contributed by atoms with Crippen LogP contribution in [0.25, 0.3) is 0 Å². The molecule has 0 spiro atoms. The molecule has 0 N–H and O–H groups in total. The Morgan fingerprint density at radius 2 is 2.09 bits per heavy atom. The van der Waals surface area contributed by atoms with E-state index in [4.69, 9.17) is 9.47 Å². The largest absolute Gasteiger partial charge is 0.464 e. The van der Waals surface area contributed by atoms with E-state index in [2.05, 4.69) is 0 Å². The number of ether oxygens (including phenoxy) is 2. The van der Waals surface area contributed by atoms with Crippen molar-refractivity contribution >= 4 is 33.5 Å². The molecule has 0 aromatic rings. The van der Waals surface area contributed by atoms with E-state index >= 15 is 0 Å². The summed E-state index contributed by atoms with van der Waals surface area (Å²) in [6, 6.07) is 0. The summed E-state index contributed by atoms with van der Waals surface area (Å²) < 4.78 is 33.4. The minimum Gasteiger partial charge on any atom is -0.464 e. The highest BCUT2D eigenvalue weighted by Gasteiger charge is 2.65. The van der Waals surface area contributed by atoms with E-state index < -0.39 is 9.84 Å².